The van der Waals surface area contributed by atoms with Crippen LogP contribution >= 0.6 is 0 Å². The summed E-state index contributed by atoms with van der Waals surface area (Å²) in [6.45, 7) is 5.65. The molecule has 0 saturated carbocycles. The number of primary amides is 1. The highest BCUT2D eigenvalue weighted by molar-refractivity contribution is 7.89. The molecule has 9 heteroatoms. The number of aryl methyl sites for hydroxylation is 1. The van der Waals surface area contributed by atoms with Crippen LogP contribution in [0, 0.1) is 0 Å². The Kier molecular flexibility index (Phi) is 6.50. The highest BCUT2D eigenvalue weighted by Gasteiger charge is 2.21. The molecule has 0 aliphatic carbocycles. The molecule has 1 aromatic heterocycles. The Hall–Kier alpha value is -2.20. The van der Waals surface area contributed by atoms with Gasteiger partial charge in [0.05, 0.1) is 0 Å². The van der Waals surface area contributed by atoms with Crippen molar-refractivity contribution >= 4 is 15.9 Å². The Morgan fingerprint density at radius 2 is 1.75 bits per heavy atom. The number of sulfonamides is 1. The van der Waals surface area contributed by atoms with E-state index in [1.165, 1.54) is 22.4 Å². The predicted molar refractivity (Wildman–Crippen MR) is 107 cm³/mol. The average Bonchev–Trinajstić information content (AvgIpc) is 3.07. The summed E-state index contributed by atoms with van der Waals surface area (Å²) in [5.74, 6) is -0.655. The molecule has 0 radical (unpaired) electrons. The number of aromatic nitrogens is 1. The summed E-state index contributed by atoms with van der Waals surface area (Å²) in [6.07, 6.45) is 1.39. The number of nitrogens with one attached hydrogen (secondary N) is 1. The maximum atomic E-state index is 12.4. The third-order valence-electron chi connectivity index (χ3n) is 4.98. The van der Waals surface area contributed by atoms with E-state index in [-0.39, 0.29) is 10.6 Å². The van der Waals surface area contributed by atoms with Crippen LogP contribution in [0.1, 0.15) is 16.1 Å². The Bertz CT molecular complexity index is 903. The smallest absolute Gasteiger partial charge is 0.265 e. The third kappa shape index (κ3) is 5.20. The summed E-state index contributed by atoms with van der Waals surface area (Å²) in [4.78, 5) is 16.0. The Morgan fingerprint density at radius 1 is 1.11 bits per heavy atom. The maximum Gasteiger partial charge on any atom is 0.265 e. The second-order valence-electron chi connectivity index (χ2n) is 7.04. The summed E-state index contributed by atoms with van der Waals surface area (Å²) < 4.78 is 28.9. The first-order valence-electron chi connectivity index (χ1n) is 9.29. The number of hydrogen-bond donors (Lipinski definition) is 2. The summed E-state index contributed by atoms with van der Waals surface area (Å²) in [5, 5.41) is 0. The van der Waals surface area contributed by atoms with E-state index >= 15 is 0 Å². The number of carbonyl (C=O) groups is 1. The molecule has 28 heavy (non-hydrogen) atoms. The average molecular weight is 406 g/mol. The second-order valence-corrected chi connectivity index (χ2v) is 8.80. The first-order valence-corrected chi connectivity index (χ1v) is 10.8. The van der Waals surface area contributed by atoms with Gasteiger partial charge in [-0.2, -0.15) is 0 Å². The van der Waals surface area contributed by atoms with Gasteiger partial charge in [-0.15, -0.1) is 0 Å². The van der Waals surface area contributed by atoms with Crippen LogP contribution in [0.5, 0.6) is 0 Å². The van der Waals surface area contributed by atoms with Crippen LogP contribution in [-0.4, -0.2) is 68.0 Å². The van der Waals surface area contributed by atoms with Gasteiger partial charge >= 0.3 is 0 Å². The van der Waals surface area contributed by atoms with Crippen molar-refractivity contribution in [1.29, 1.82) is 0 Å². The van der Waals surface area contributed by atoms with E-state index in [0.29, 0.717) is 13.1 Å². The van der Waals surface area contributed by atoms with Gasteiger partial charge in [-0.25, -0.2) is 13.1 Å². The molecular formula is C19H27N5O3S. The van der Waals surface area contributed by atoms with Crippen molar-refractivity contribution in [3.63, 3.8) is 0 Å². The summed E-state index contributed by atoms with van der Waals surface area (Å²) in [7, 11) is -2.07. The van der Waals surface area contributed by atoms with Gasteiger partial charge in [0.2, 0.25) is 10.0 Å². The number of piperazine rings is 1. The van der Waals surface area contributed by atoms with E-state index in [9.17, 15) is 13.2 Å². The van der Waals surface area contributed by atoms with Crippen molar-refractivity contribution in [2.24, 2.45) is 12.8 Å². The number of rotatable bonds is 8. The Morgan fingerprint density at radius 3 is 2.36 bits per heavy atom. The quantitative estimate of drug-likeness (QED) is 0.654. The lowest BCUT2D eigenvalue weighted by molar-refractivity contribution is 0.0992. The van der Waals surface area contributed by atoms with E-state index in [0.717, 1.165) is 32.7 Å². The number of amides is 1. The molecule has 3 rings (SSSR count). The lowest BCUT2D eigenvalue weighted by Gasteiger charge is -2.34. The van der Waals surface area contributed by atoms with Crippen molar-refractivity contribution in [3.05, 3.63) is 53.9 Å². The Balaban J connectivity index is 1.44. The van der Waals surface area contributed by atoms with Crippen LogP contribution in [-0.2, 0) is 23.6 Å². The number of nitrogens with two attached hydrogens (primary N) is 1. The lowest BCUT2D eigenvalue weighted by atomic mass is 10.2. The number of benzene rings is 1. The van der Waals surface area contributed by atoms with Crippen LogP contribution < -0.4 is 10.5 Å². The van der Waals surface area contributed by atoms with Crippen LogP contribution in [0.15, 0.2) is 47.5 Å². The SMILES string of the molecule is Cn1cc(S(=O)(=O)NCCN2CCN(Cc3ccccc3)CC2)cc1C(N)=O. The van der Waals surface area contributed by atoms with Crippen molar-refractivity contribution in [2.45, 2.75) is 11.4 Å². The van der Waals surface area contributed by atoms with E-state index in [1.807, 2.05) is 6.07 Å². The van der Waals surface area contributed by atoms with Gasteiger partial charge in [-0.05, 0) is 11.6 Å². The van der Waals surface area contributed by atoms with Crippen molar-refractivity contribution in [3.8, 4) is 0 Å². The largest absolute Gasteiger partial charge is 0.364 e. The molecule has 0 bridgehead atoms. The van der Waals surface area contributed by atoms with Gasteiger partial charge in [0.1, 0.15) is 10.6 Å². The zero-order chi connectivity index (χ0) is 20.1. The molecule has 2 heterocycles. The van der Waals surface area contributed by atoms with E-state index in [1.54, 1.807) is 7.05 Å². The maximum absolute atomic E-state index is 12.4. The Labute approximate surface area is 166 Å². The first kappa shape index (κ1) is 20.5. The van der Waals surface area contributed by atoms with Crippen molar-refractivity contribution in [2.75, 3.05) is 39.3 Å². The summed E-state index contributed by atoms with van der Waals surface area (Å²) in [6, 6.07) is 11.7. The molecule has 3 N–H and O–H groups in total. The highest BCUT2D eigenvalue weighted by Crippen LogP contribution is 2.13. The molecule has 152 valence electrons. The highest BCUT2D eigenvalue weighted by atomic mass is 32.2. The molecule has 1 aromatic carbocycles. The van der Waals surface area contributed by atoms with Crippen LogP contribution in [0.4, 0.5) is 0 Å². The molecule has 1 aliphatic rings. The number of nitrogens with zero attached hydrogens (tertiary/aromatic N) is 3. The normalized spacial score (nSPS) is 16.3. The summed E-state index contributed by atoms with van der Waals surface area (Å²) >= 11 is 0. The molecule has 2 aromatic rings. The monoisotopic (exact) mass is 405 g/mol. The second kappa shape index (κ2) is 8.87. The minimum atomic E-state index is -3.66. The third-order valence-corrected chi connectivity index (χ3v) is 6.40. The topological polar surface area (TPSA) is 101 Å². The minimum absolute atomic E-state index is 0.0523. The van der Waals surface area contributed by atoms with E-state index < -0.39 is 15.9 Å². The first-order chi connectivity index (χ1) is 13.3. The fraction of sp³-hybridized carbons (Fsp3) is 0.421. The predicted octanol–water partition coefficient (Wildman–Crippen LogP) is 0.220. The van der Waals surface area contributed by atoms with Crippen molar-refractivity contribution < 1.29 is 13.2 Å². The standard InChI is InChI=1S/C19H27N5O3S/c1-22-15-17(13-18(22)19(20)25)28(26,27)21-7-8-23-9-11-24(12-10-23)14-16-5-3-2-4-6-16/h2-6,13,15,21H,7-12,14H2,1H3,(H2,20,25). The number of carbonyl (C=O) groups excluding carboxylic acids is 1. The van der Waals surface area contributed by atoms with E-state index in [4.69, 9.17) is 5.73 Å². The fourth-order valence-electron chi connectivity index (χ4n) is 3.36. The van der Waals surface area contributed by atoms with E-state index in [2.05, 4.69) is 38.8 Å². The number of hydrogen-bond acceptors (Lipinski definition) is 5. The van der Waals surface area contributed by atoms with Gasteiger partial charge in [0, 0.05) is 59.1 Å². The van der Waals surface area contributed by atoms with Gasteiger partial charge in [-0.3, -0.25) is 14.6 Å². The van der Waals surface area contributed by atoms with Gasteiger partial charge in [0.25, 0.3) is 5.91 Å². The lowest BCUT2D eigenvalue weighted by Crippen LogP contribution is -2.48. The minimum Gasteiger partial charge on any atom is -0.364 e. The van der Waals surface area contributed by atoms with Crippen LogP contribution in [0.2, 0.25) is 0 Å². The molecule has 0 atom stereocenters. The van der Waals surface area contributed by atoms with Crippen LogP contribution in [0.25, 0.3) is 0 Å². The summed E-state index contributed by atoms with van der Waals surface area (Å²) in [5.41, 5.74) is 6.71. The van der Waals surface area contributed by atoms with Gasteiger partial charge in [0.15, 0.2) is 0 Å². The molecule has 1 aliphatic heterocycles. The fourth-order valence-corrected chi connectivity index (χ4v) is 4.45. The van der Waals surface area contributed by atoms with Gasteiger partial charge in [-0.1, -0.05) is 30.3 Å². The van der Waals surface area contributed by atoms with Crippen LogP contribution in [0.3, 0.4) is 0 Å². The zero-order valence-electron chi connectivity index (χ0n) is 16.0. The molecular weight excluding hydrogens is 378 g/mol. The molecule has 1 saturated heterocycles. The molecule has 0 unspecified atom stereocenters. The van der Waals surface area contributed by atoms with Gasteiger partial charge < -0.3 is 10.3 Å². The van der Waals surface area contributed by atoms with Crippen molar-refractivity contribution in [1.82, 2.24) is 19.1 Å². The zero-order valence-corrected chi connectivity index (χ0v) is 16.9. The molecule has 1 fully saturated rings. The molecule has 1 amide bonds. The molecule has 8 nitrogen and oxygen atoms in total. The molecule has 0 spiro atoms.